The fourth-order valence-electron chi connectivity index (χ4n) is 6.09. The number of nitrogens with zero attached hydrogens (tertiary/aromatic N) is 1. The largest absolute Gasteiger partial charge is 0.391 e. The van der Waals surface area contributed by atoms with Crippen molar-refractivity contribution in [2.75, 3.05) is 33.3 Å². The summed E-state index contributed by atoms with van der Waals surface area (Å²) in [5.41, 5.74) is 0. The van der Waals surface area contributed by atoms with Crippen molar-refractivity contribution >= 4 is 5.91 Å². The third-order valence-electron chi connectivity index (χ3n) is 8.07. The first kappa shape index (κ1) is 22.5. The Morgan fingerprint density at radius 3 is 2.30 bits per heavy atom. The van der Waals surface area contributed by atoms with E-state index in [9.17, 15) is 9.90 Å². The van der Waals surface area contributed by atoms with Crippen LogP contribution in [0.25, 0.3) is 0 Å². The van der Waals surface area contributed by atoms with E-state index < -0.39 is 0 Å². The van der Waals surface area contributed by atoms with E-state index in [0.717, 1.165) is 64.1 Å². The van der Waals surface area contributed by atoms with E-state index in [4.69, 9.17) is 4.74 Å². The van der Waals surface area contributed by atoms with Crippen LogP contribution < -0.4 is 16.0 Å². The minimum Gasteiger partial charge on any atom is -0.391 e. The maximum Gasteiger partial charge on any atom is 0.225 e. The van der Waals surface area contributed by atoms with Crippen LogP contribution in [0, 0.1) is 17.8 Å². The summed E-state index contributed by atoms with van der Waals surface area (Å²) in [4.78, 5) is 14.7. The van der Waals surface area contributed by atoms with Gasteiger partial charge in [0.25, 0.3) is 0 Å². The molecule has 1 unspecified atom stereocenters. The first-order chi connectivity index (χ1) is 14.6. The van der Waals surface area contributed by atoms with E-state index >= 15 is 0 Å². The van der Waals surface area contributed by atoms with Crippen LogP contribution >= 0.6 is 0 Å². The van der Waals surface area contributed by atoms with Crippen molar-refractivity contribution in [3.63, 3.8) is 0 Å². The number of rotatable bonds is 5. The molecule has 2 aliphatic heterocycles. The molecule has 0 spiro atoms. The highest BCUT2D eigenvalue weighted by Crippen LogP contribution is 2.32. The van der Waals surface area contributed by atoms with E-state index in [1.807, 2.05) is 12.0 Å². The van der Waals surface area contributed by atoms with Gasteiger partial charge in [-0.2, -0.15) is 0 Å². The molecule has 4 aliphatic rings. The first-order valence-electron chi connectivity index (χ1n) is 12.3. The Labute approximate surface area is 181 Å². The average Bonchev–Trinajstić information content (AvgIpc) is 2.80. The maximum atomic E-state index is 12.8. The zero-order valence-electron chi connectivity index (χ0n) is 18.7. The van der Waals surface area contributed by atoms with Crippen molar-refractivity contribution in [3.8, 4) is 0 Å². The molecule has 172 valence electrons. The molecule has 1 atom stereocenters. The Balaban J connectivity index is 1.14. The van der Waals surface area contributed by atoms with E-state index in [-0.39, 0.29) is 24.2 Å². The van der Waals surface area contributed by atoms with Crippen LogP contribution in [0.4, 0.5) is 0 Å². The molecule has 7 nitrogen and oxygen atoms in total. The molecular weight excluding hydrogens is 380 g/mol. The SMILES string of the molecule is COC1CCC(C2CNC(NC3CCC(C(=O)N4CCCC(O)C4)CC3)NC2)CC1. The molecule has 2 saturated heterocycles. The number of nitrogens with one attached hydrogen (secondary N) is 3. The average molecular weight is 423 g/mol. The minimum absolute atomic E-state index is 0.146. The lowest BCUT2D eigenvalue weighted by Crippen LogP contribution is -2.63. The van der Waals surface area contributed by atoms with Crippen LogP contribution in [0.2, 0.25) is 0 Å². The normalized spacial score (nSPS) is 40.9. The van der Waals surface area contributed by atoms with E-state index in [1.54, 1.807) is 0 Å². The molecule has 30 heavy (non-hydrogen) atoms. The molecule has 4 rings (SSSR count). The lowest BCUT2D eigenvalue weighted by Gasteiger charge is -2.41. The van der Waals surface area contributed by atoms with Gasteiger partial charge in [-0.3, -0.25) is 20.7 Å². The predicted molar refractivity (Wildman–Crippen MR) is 117 cm³/mol. The number of carbonyl (C=O) groups is 1. The van der Waals surface area contributed by atoms with E-state index in [1.165, 1.54) is 25.7 Å². The van der Waals surface area contributed by atoms with Gasteiger partial charge in [0.1, 0.15) is 6.29 Å². The number of likely N-dealkylation sites (tertiary alicyclic amines) is 1. The third kappa shape index (κ3) is 5.74. The number of hydrogen-bond acceptors (Lipinski definition) is 6. The zero-order valence-corrected chi connectivity index (χ0v) is 18.7. The molecular formula is C23H42N4O3. The van der Waals surface area contributed by atoms with Gasteiger partial charge in [-0.05, 0) is 76.0 Å². The maximum absolute atomic E-state index is 12.8. The summed E-state index contributed by atoms with van der Waals surface area (Å²) in [6.07, 6.45) is 11.1. The number of β-amino-alcohol motifs (C(OH)–C–C–N with tert-alkyl or cyclic N) is 1. The van der Waals surface area contributed by atoms with Crippen molar-refractivity contribution in [2.45, 2.75) is 88.7 Å². The van der Waals surface area contributed by atoms with Crippen molar-refractivity contribution in [1.82, 2.24) is 20.9 Å². The lowest BCUT2D eigenvalue weighted by molar-refractivity contribution is -0.139. The molecule has 2 heterocycles. The second kappa shape index (κ2) is 10.7. The molecule has 2 saturated carbocycles. The molecule has 7 heteroatoms. The Hall–Kier alpha value is -0.730. The van der Waals surface area contributed by atoms with Crippen molar-refractivity contribution < 1.29 is 14.6 Å². The summed E-state index contributed by atoms with van der Waals surface area (Å²) in [5.74, 6) is 1.94. The third-order valence-corrected chi connectivity index (χ3v) is 8.07. The summed E-state index contributed by atoms with van der Waals surface area (Å²) < 4.78 is 5.51. The number of piperidine rings is 1. The molecule has 0 aromatic carbocycles. The van der Waals surface area contributed by atoms with Crippen molar-refractivity contribution in [1.29, 1.82) is 0 Å². The van der Waals surface area contributed by atoms with Crippen molar-refractivity contribution in [3.05, 3.63) is 0 Å². The van der Waals surface area contributed by atoms with Crippen LogP contribution in [0.3, 0.4) is 0 Å². The minimum atomic E-state index is -0.331. The van der Waals surface area contributed by atoms with Gasteiger partial charge in [0, 0.05) is 45.2 Å². The number of aliphatic hydroxyl groups excluding tert-OH is 1. The summed E-state index contributed by atoms with van der Waals surface area (Å²) in [7, 11) is 1.84. The van der Waals surface area contributed by atoms with Gasteiger partial charge in [-0.15, -0.1) is 0 Å². The van der Waals surface area contributed by atoms with Gasteiger partial charge in [-0.25, -0.2) is 0 Å². The quantitative estimate of drug-likeness (QED) is 0.536. The molecule has 0 aromatic rings. The van der Waals surface area contributed by atoms with E-state index in [0.29, 0.717) is 24.6 Å². The Bertz CT molecular complexity index is 539. The molecule has 4 fully saturated rings. The van der Waals surface area contributed by atoms with Crippen molar-refractivity contribution in [2.24, 2.45) is 17.8 Å². The number of ether oxygens (including phenoxy) is 1. The fraction of sp³-hybridized carbons (Fsp3) is 0.957. The van der Waals surface area contributed by atoms with Gasteiger partial charge in [0.05, 0.1) is 12.2 Å². The number of carbonyl (C=O) groups excluding carboxylic acids is 1. The zero-order chi connectivity index (χ0) is 20.9. The number of hydrogen-bond donors (Lipinski definition) is 4. The van der Waals surface area contributed by atoms with Gasteiger partial charge in [0.2, 0.25) is 5.91 Å². The van der Waals surface area contributed by atoms with Crippen LogP contribution in [-0.4, -0.2) is 73.7 Å². The van der Waals surface area contributed by atoms with Crippen LogP contribution in [0.15, 0.2) is 0 Å². The topological polar surface area (TPSA) is 85.9 Å². The smallest absolute Gasteiger partial charge is 0.225 e. The number of methoxy groups -OCH3 is 1. The number of amides is 1. The molecule has 0 aromatic heterocycles. The van der Waals surface area contributed by atoms with Crippen LogP contribution in [0.1, 0.15) is 64.2 Å². The fourth-order valence-corrected chi connectivity index (χ4v) is 6.09. The second-order valence-electron chi connectivity index (χ2n) is 10.1. The van der Waals surface area contributed by atoms with Crippen LogP contribution in [-0.2, 0) is 9.53 Å². The Morgan fingerprint density at radius 1 is 0.967 bits per heavy atom. The molecule has 0 radical (unpaired) electrons. The molecule has 0 bridgehead atoms. The standard InChI is InChI=1S/C23H42N4O3/c1-30-21-10-6-16(7-11-21)18-13-24-23(25-14-18)26-19-8-4-17(5-9-19)22(29)27-12-2-3-20(28)15-27/h16-21,23-26,28H,2-15H2,1H3. The summed E-state index contributed by atoms with van der Waals surface area (Å²) in [6, 6.07) is 0.472. The summed E-state index contributed by atoms with van der Waals surface area (Å²) in [6.45, 7) is 3.51. The molecule has 2 aliphatic carbocycles. The molecule has 4 N–H and O–H groups in total. The molecule has 1 amide bonds. The number of aliphatic hydroxyl groups is 1. The highest BCUT2D eigenvalue weighted by Gasteiger charge is 2.34. The highest BCUT2D eigenvalue weighted by atomic mass is 16.5. The summed E-state index contributed by atoms with van der Waals surface area (Å²) >= 11 is 0. The summed E-state index contributed by atoms with van der Waals surface area (Å²) in [5, 5.41) is 20.9. The predicted octanol–water partition coefficient (Wildman–Crippen LogP) is 1.42. The van der Waals surface area contributed by atoms with Gasteiger partial charge >= 0.3 is 0 Å². The van der Waals surface area contributed by atoms with E-state index in [2.05, 4.69) is 16.0 Å². The monoisotopic (exact) mass is 422 g/mol. The van der Waals surface area contributed by atoms with Gasteiger partial charge < -0.3 is 14.7 Å². The lowest BCUT2D eigenvalue weighted by atomic mass is 9.78. The van der Waals surface area contributed by atoms with Crippen LogP contribution in [0.5, 0.6) is 0 Å². The van der Waals surface area contributed by atoms with Gasteiger partial charge in [0.15, 0.2) is 0 Å². The highest BCUT2D eigenvalue weighted by molar-refractivity contribution is 5.79. The second-order valence-corrected chi connectivity index (χ2v) is 10.1. The Morgan fingerprint density at radius 2 is 1.67 bits per heavy atom. The Kier molecular flexibility index (Phi) is 8.03. The van der Waals surface area contributed by atoms with Gasteiger partial charge in [-0.1, -0.05) is 0 Å². The first-order valence-corrected chi connectivity index (χ1v) is 12.3.